The van der Waals surface area contributed by atoms with Crippen molar-refractivity contribution in [2.75, 3.05) is 18.5 Å². The summed E-state index contributed by atoms with van der Waals surface area (Å²) in [5.41, 5.74) is 2.80. The Kier molecular flexibility index (Phi) is 4.97. The van der Waals surface area contributed by atoms with E-state index in [2.05, 4.69) is 5.38 Å². The van der Waals surface area contributed by atoms with Crippen LogP contribution in [0.2, 0.25) is 0 Å². The molecule has 1 atom stereocenters. The van der Waals surface area contributed by atoms with Crippen molar-refractivity contribution in [2.24, 2.45) is 5.14 Å². The molecule has 0 radical (unpaired) electrons. The zero-order valence-corrected chi connectivity index (χ0v) is 15.8. The van der Waals surface area contributed by atoms with Crippen molar-refractivity contribution >= 4 is 33.0 Å². The molecule has 0 aliphatic carbocycles. The maximum atomic E-state index is 12.8. The Balaban J connectivity index is 1.76. The predicted molar refractivity (Wildman–Crippen MR) is 99.1 cm³/mol. The van der Waals surface area contributed by atoms with Gasteiger partial charge in [-0.2, -0.15) is 11.3 Å². The molecule has 0 saturated heterocycles. The number of hydrogen-bond donors (Lipinski definition) is 1. The van der Waals surface area contributed by atoms with Gasteiger partial charge in [0.25, 0.3) is 0 Å². The Labute approximate surface area is 151 Å². The molecule has 1 unspecified atom stereocenters. The van der Waals surface area contributed by atoms with E-state index in [9.17, 15) is 13.2 Å². The number of primary sulfonamides is 1. The van der Waals surface area contributed by atoms with Crippen molar-refractivity contribution in [2.45, 2.75) is 30.8 Å². The maximum Gasteiger partial charge on any atom is 0.241 e. The van der Waals surface area contributed by atoms with Crippen molar-refractivity contribution in [1.29, 1.82) is 0 Å². The first-order valence-corrected chi connectivity index (χ1v) is 10.4. The molecular formula is C17H21N3O3S2. The number of fused-ring (bicyclic) bond motifs is 1. The minimum Gasteiger partial charge on any atom is -0.308 e. The molecule has 134 valence electrons. The molecule has 2 heterocycles. The largest absolute Gasteiger partial charge is 0.308 e. The smallest absolute Gasteiger partial charge is 0.241 e. The van der Waals surface area contributed by atoms with E-state index in [1.807, 2.05) is 30.3 Å². The first-order chi connectivity index (χ1) is 11.8. The van der Waals surface area contributed by atoms with Gasteiger partial charge in [0.1, 0.15) is 0 Å². The number of hydrogen-bond acceptors (Lipinski definition) is 5. The molecule has 6 nitrogen and oxygen atoms in total. The van der Waals surface area contributed by atoms with Gasteiger partial charge in [0.2, 0.25) is 15.9 Å². The summed E-state index contributed by atoms with van der Waals surface area (Å²) >= 11 is 1.64. The quantitative estimate of drug-likeness (QED) is 0.859. The second-order valence-electron chi connectivity index (χ2n) is 6.46. The molecule has 8 heteroatoms. The summed E-state index contributed by atoms with van der Waals surface area (Å²) in [6.45, 7) is 2.98. The van der Waals surface area contributed by atoms with Crippen LogP contribution in [-0.4, -0.2) is 38.9 Å². The van der Waals surface area contributed by atoms with Crippen LogP contribution < -0.4 is 10.0 Å². The molecule has 0 bridgehead atoms. The Morgan fingerprint density at radius 1 is 1.40 bits per heavy atom. The molecule has 1 aromatic carbocycles. The third-order valence-electron chi connectivity index (χ3n) is 4.30. The first kappa shape index (κ1) is 18.1. The average Bonchev–Trinajstić information content (AvgIpc) is 3.11. The molecule has 1 aliphatic rings. The topological polar surface area (TPSA) is 83.7 Å². The van der Waals surface area contributed by atoms with Crippen molar-refractivity contribution < 1.29 is 13.2 Å². The average molecular weight is 380 g/mol. The summed E-state index contributed by atoms with van der Waals surface area (Å²) in [4.78, 5) is 16.6. The lowest BCUT2D eigenvalue weighted by Gasteiger charge is -2.25. The molecule has 25 heavy (non-hydrogen) atoms. The molecule has 0 spiro atoms. The number of nitrogens with two attached hydrogens (primary N) is 1. The standard InChI is InChI=1S/C17H21N3O3S2/c1-12-7-14-8-15(25(18,22)23)3-4-16(14)20(12)17(21)10-19(2)9-13-5-6-24-11-13/h3-6,8,11-12H,7,9-10H2,1-2H3,(H2,18,22,23). The van der Waals surface area contributed by atoms with Crippen LogP contribution >= 0.6 is 11.3 Å². The van der Waals surface area contributed by atoms with Crippen LogP contribution in [0.1, 0.15) is 18.1 Å². The zero-order chi connectivity index (χ0) is 18.2. The lowest BCUT2D eigenvalue weighted by molar-refractivity contribution is -0.119. The zero-order valence-electron chi connectivity index (χ0n) is 14.2. The second kappa shape index (κ2) is 6.87. The maximum absolute atomic E-state index is 12.8. The number of sulfonamides is 1. The lowest BCUT2D eigenvalue weighted by atomic mass is 10.1. The Bertz CT molecular complexity index is 879. The SMILES string of the molecule is CC1Cc2cc(S(N)(=O)=O)ccc2N1C(=O)CN(C)Cc1ccsc1. The monoisotopic (exact) mass is 379 g/mol. The molecule has 1 amide bonds. The van der Waals surface area contributed by atoms with E-state index in [0.29, 0.717) is 19.5 Å². The Morgan fingerprint density at radius 3 is 2.80 bits per heavy atom. The summed E-state index contributed by atoms with van der Waals surface area (Å²) in [7, 11) is -1.82. The highest BCUT2D eigenvalue weighted by Crippen LogP contribution is 2.33. The number of amides is 1. The van der Waals surface area contributed by atoms with Crippen LogP contribution in [0.3, 0.4) is 0 Å². The van der Waals surface area contributed by atoms with Crippen LogP contribution in [0, 0.1) is 0 Å². The molecule has 1 aromatic heterocycles. The molecule has 2 N–H and O–H groups in total. The summed E-state index contributed by atoms with van der Waals surface area (Å²) in [5.74, 6) is 0.00679. The fraction of sp³-hybridized carbons (Fsp3) is 0.353. The third kappa shape index (κ3) is 3.92. The Hall–Kier alpha value is -1.74. The van der Waals surface area contributed by atoms with Crippen LogP contribution in [-0.2, 0) is 27.8 Å². The first-order valence-electron chi connectivity index (χ1n) is 7.93. The van der Waals surface area contributed by atoms with E-state index < -0.39 is 10.0 Å². The number of anilines is 1. The molecular weight excluding hydrogens is 358 g/mol. The fourth-order valence-electron chi connectivity index (χ4n) is 3.22. The normalized spacial score (nSPS) is 17.1. The van der Waals surface area contributed by atoms with Gasteiger partial charge >= 0.3 is 0 Å². The highest BCUT2D eigenvalue weighted by atomic mass is 32.2. The van der Waals surface area contributed by atoms with Gasteiger partial charge in [0.15, 0.2) is 0 Å². The Morgan fingerprint density at radius 2 is 2.16 bits per heavy atom. The van der Waals surface area contributed by atoms with Crippen molar-refractivity contribution in [3.05, 3.63) is 46.2 Å². The lowest BCUT2D eigenvalue weighted by Crippen LogP contribution is -2.41. The minimum atomic E-state index is -3.74. The molecule has 1 aliphatic heterocycles. The molecule has 0 saturated carbocycles. The van der Waals surface area contributed by atoms with Gasteiger partial charge in [0.05, 0.1) is 11.4 Å². The van der Waals surface area contributed by atoms with E-state index in [4.69, 9.17) is 5.14 Å². The van der Waals surface area contributed by atoms with Gasteiger partial charge in [-0.1, -0.05) is 0 Å². The number of likely N-dealkylation sites (N-methyl/N-ethyl adjacent to an activating group) is 1. The van der Waals surface area contributed by atoms with Gasteiger partial charge in [-0.05, 0) is 66.5 Å². The summed E-state index contributed by atoms with van der Waals surface area (Å²) in [6, 6.07) is 6.75. The van der Waals surface area contributed by atoms with Crippen LogP contribution in [0.5, 0.6) is 0 Å². The van der Waals surface area contributed by atoms with E-state index >= 15 is 0 Å². The van der Waals surface area contributed by atoms with E-state index in [1.165, 1.54) is 11.6 Å². The van der Waals surface area contributed by atoms with Gasteiger partial charge < -0.3 is 4.90 Å². The highest BCUT2D eigenvalue weighted by molar-refractivity contribution is 7.89. The van der Waals surface area contributed by atoms with E-state index in [-0.39, 0.29) is 16.8 Å². The number of thiophene rings is 1. The summed E-state index contributed by atoms with van der Waals surface area (Å²) < 4.78 is 23.0. The molecule has 2 aromatic rings. The number of carbonyl (C=O) groups is 1. The van der Waals surface area contributed by atoms with Gasteiger partial charge in [-0.15, -0.1) is 0 Å². The van der Waals surface area contributed by atoms with Crippen LogP contribution in [0.15, 0.2) is 39.9 Å². The fourth-order valence-corrected chi connectivity index (χ4v) is 4.45. The van der Waals surface area contributed by atoms with Crippen molar-refractivity contribution in [3.63, 3.8) is 0 Å². The number of nitrogens with zero attached hydrogens (tertiary/aromatic N) is 2. The third-order valence-corrected chi connectivity index (χ3v) is 5.94. The van der Waals surface area contributed by atoms with E-state index in [0.717, 1.165) is 11.3 Å². The second-order valence-corrected chi connectivity index (χ2v) is 8.80. The van der Waals surface area contributed by atoms with Gasteiger partial charge in [0, 0.05) is 18.3 Å². The number of carbonyl (C=O) groups excluding carboxylic acids is 1. The van der Waals surface area contributed by atoms with Crippen LogP contribution in [0.4, 0.5) is 5.69 Å². The van der Waals surface area contributed by atoms with Crippen molar-refractivity contribution in [3.8, 4) is 0 Å². The van der Waals surface area contributed by atoms with E-state index in [1.54, 1.807) is 28.4 Å². The molecule has 3 rings (SSSR count). The van der Waals surface area contributed by atoms with Gasteiger partial charge in [-0.3, -0.25) is 9.69 Å². The highest BCUT2D eigenvalue weighted by Gasteiger charge is 2.32. The molecule has 0 fully saturated rings. The number of rotatable bonds is 5. The minimum absolute atomic E-state index is 0.00669. The van der Waals surface area contributed by atoms with Crippen LogP contribution in [0.25, 0.3) is 0 Å². The predicted octanol–water partition coefficient (Wildman–Crippen LogP) is 1.81. The number of benzene rings is 1. The van der Waals surface area contributed by atoms with Gasteiger partial charge in [-0.25, -0.2) is 13.6 Å². The summed E-state index contributed by atoms with van der Waals surface area (Å²) in [5, 5.41) is 9.29. The van der Waals surface area contributed by atoms with Crippen molar-refractivity contribution in [1.82, 2.24) is 4.90 Å². The summed E-state index contributed by atoms with van der Waals surface area (Å²) in [6.07, 6.45) is 0.624.